The molecule has 1 aliphatic rings. The van der Waals surface area contributed by atoms with E-state index in [1.807, 2.05) is 54.6 Å². The number of rotatable bonds is 4. The van der Waals surface area contributed by atoms with Crippen LogP contribution in [0.4, 0.5) is 0 Å². The van der Waals surface area contributed by atoms with Crippen LogP contribution in [0.25, 0.3) is 0 Å². The molecule has 1 aromatic carbocycles. The van der Waals surface area contributed by atoms with Crippen LogP contribution >= 0.6 is 11.6 Å². The van der Waals surface area contributed by atoms with Gasteiger partial charge in [0.25, 0.3) is 5.91 Å². The first-order valence-electron chi connectivity index (χ1n) is 9.20. The summed E-state index contributed by atoms with van der Waals surface area (Å²) >= 11 is 6.27. The molecule has 2 aromatic rings. The third-order valence-electron chi connectivity index (χ3n) is 5.36. The summed E-state index contributed by atoms with van der Waals surface area (Å²) in [5.41, 5.74) is 9.42. The zero-order valence-electron chi connectivity index (χ0n) is 15.7. The Kier molecular flexibility index (Phi) is 5.68. The summed E-state index contributed by atoms with van der Waals surface area (Å²) in [5.74, 6) is 0.433. The molecule has 0 bridgehead atoms. The number of halogens is 1. The van der Waals surface area contributed by atoms with Crippen LogP contribution in [-0.4, -0.2) is 39.7 Å². The number of aryl methyl sites for hydroxylation is 1. The molecular weight excluding hydrogens is 348 g/mol. The fourth-order valence-corrected chi connectivity index (χ4v) is 3.93. The van der Waals surface area contributed by atoms with Crippen LogP contribution in [-0.2, 0) is 6.54 Å². The summed E-state index contributed by atoms with van der Waals surface area (Å²) in [6.07, 6.45) is 2.09. The molecule has 0 aliphatic carbocycles. The molecule has 1 aromatic heterocycles. The van der Waals surface area contributed by atoms with Crippen molar-refractivity contribution in [3.05, 3.63) is 51.8 Å². The van der Waals surface area contributed by atoms with Crippen LogP contribution < -0.4 is 5.73 Å². The van der Waals surface area contributed by atoms with E-state index in [2.05, 4.69) is 5.10 Å². The SMILES string of the molecule is Cc1nn(Cc2ccccc2Cl)c(C)c1C(=O)N1CCC[C@@H]([C@@H](C)N)C1. The molecule has 6 heteroatoms. The number of nitrogens with zero attached hydrogens (tertiary/aromatic N) is 3. The molecule has 140 valence electrons. The molecule has 2 atom stereocenters. The Morgan fingerprint density at radius 3 is 2.81 bits per heavy atom. The lowest BCUT2D eigenvalue weighted by atomic mass is 9.91. The number of aromatic nitrogens is 2. The first-order valence-corrected chi connectivity index (χ1v) is 9.58. The van der Waals surface area contributed by atoms with E-state index >= 15 is 0 Å². The third-order valence-corrected chi connectivity index (χ3v) is 5.73. The fourth-order valence-electron chi connectivity index (χ4n) is 3.73. The second kappa shape index (κ2) is 7.80. The lowest BCUT2D eigenvalue weighted by Gasteiger charge is -2.34. The van der Waals surface area contributed by atoms with E-state index in [-0.39, 0.29) is 11.9 Å². The average Bonchev–Trinajstić information content (AvgIpc) is 2.90. The van der Waals surface area contributed by atoms with Crippen LogP contribution in [0.15, 0.2) is 24.3 Å². The van der Waals surface area contributed by atoms with Crippen molar-refractivity contribution in [1.82, 2.24) is 14.7 Å². The summed E-state index contributed by atoms with van der Waals surface area (Å²) in [6, 6.07) is 7.83. The van der Waals surface area contributed by atoms with Gasteiger partial charge in [0.15, 0.2) is 0 Å². The maximum Gasteiger partial charge on any atom is 0.257 e. The van der Waals surface area contributed by atoms with E-state index in [0.29, 0.717) is 23.0 Å². The topological polar surface area (TPSA) is 64.2 Å². The lowest BCUT2D eigenvalue weighted by Crippen LogP contribution is -2.45. The molecule has 1 fully saturated rings. The van der Waals surface area contributed by atoms with E-state index in [1.54, 1.807) is 0 Å². The Balaban J connectivity index is 1.83. The number of carbonyl (C=O) groups excluding carboxylic acids is 1. The molecule has 0 spiro atoms. The van der Waals surface area contributed by atoms with Gasteiger partial charge in [-0.25, -0.2) is 0 Å². The summed E-state index contributed by atoms with van der Waals surface area (Å²) in [5, 5.41) is 5.31. The van der Waals surface area contributed by atoms with Gasteiger partial charge in [-0.1, -0.05) is 29.8 Å². The molecule has 2 heterocycles. The van der Waals surface area contributed by atoms with Crippen LogP contribution in [0.2, 0.25) is 5.02 Å². The molecule has 2 N–H and O–H groups in total. The molecular formula is C20H27ClN4O. The molecule has 0 saturated carbocycles. The molecule has 0 unspecified atom stereocenters. The van der Waals surface area contributed by atoms with Crippen LogP contribution in [0.1, 0.15) is 47.1 Å². The number of hydrogen-bond donors (Lipinski definition) is 1. The standard InChI is InChI=1S/C20H27ClN4O/c1-13(22)16-8-6-10-24(11-16)20(26)19-14(2)23-25(15(19)3)12-17-7-4-5-9-18(17)21/h4-5,7,9,13,16H,6,8,10-12,22H2,1-3H3/t13-,16-/m1/s1. The summed E-state index contributed by atoms with van der Waals surface area (Å²) in [4.78, 5) is 15.1. The highest BCUT2D eigenvalue weighted by Gasteiger charge is 2.29. The first-order chi connectivity index (χ1) is 12.4. The predicted octanol–water partition coefficient (Wildman–Crippen LogP) is 3.40. The summed E-state index contributed by atoms with van der Waals surface area (Å²) in [7, 11) is 0. The van der Waals surface area contributed by atoms with Crippen molar-refractivity contribution in [3.8, 4) is 0 Å². The van der Waals surface area contributed by atoms with Crippen molar-refractivity contribution in [3.63, 3.8) is 0 Å². The van der Waals surface area contributed by atoms with Gasteiger partial charge in [0, 0.05) is 29.8 Å². The van der Waals surface area contributed by atoms with E-state index < -0.39 is 0 Å². The van der Waals surface area contributed by atoms with Crippen LogP contribution in [0, 0.1) is 19.8 Å². The minimum Gasteiger partial charge on any atom is -0.338 e. The number of hydrogen-bond acceptors (Lipinski definition) is 3. The number of benzene rings is 1. The van der Waals surface area contributed by atoms with Crippen LogP contribution in [0.3, 0.4) is 0 Å². The highest BCUT2D eigenvalue weighted by Crippen LogP contribution is 2.24. The molecule has 5 nitrogen and oxygen atoms in total. The smallest absolute Gasteiger partial charge is 0.257 e. The van der Waals surface area contributed by atoms with Gasteiger partial charge in [0.1, 0.15) is 0 Å². The second-order valence-corrected chi connectivity index (χ2v) is 7.71. The predicted molar refractivity (Wildman–Crippen MR) is 105 cm³/mol. The normalized spacial score (nSPS) is 18.8. The molecule has 0 radical (unpaired) electrons. The largest absolute Gasteiger partial charge is 0.338 e. The van der Waals surface area contributed by atoms with Gasteiger partial charge in [-0.2, -0.15) is 5.10 Å². The monoisotopic (exact) mass is 374 g/mol. The minimum atomic E-state index is 0.0655. The van der Waals surface area contributed by atoms with Crippen molar-refractivity contribution >= 4 is 17.5 Å². The van der Waals surface area contributed by atoms with Crippen molar-refractivity contribution in [2.45, 2.75) is 46.2 Å². The van der Waals surface area contributed by atoms with E-state index in [0.717, 1.165) is 42.9 Å². The Hall–Kier alpha value is -1.85. The van der Waals surface area contributed by atoms with E-state index in [4.69, 9.17) is 17.3 Å². The highest BCUT2D eigenvalue weighted by atomic mass is 35.5. The molecule has 26 heavy (non-hydrogen) atoms. The quantitative estimate of drug-likeness (QED) is 0.891. The summed E-state index contributed by atoms with van der Waals surface area (Å²) < 4.78 is 1.87. The Morgan fingerprint density at radius 2 is 2.12 bits per heavy atom. The van der Waals surface area contributed by atoms with Crippen molar-refractivity contribution in [2.75, 3.05) is 13.1 Å². The number of carbonyl (C=O) groups is 1. The first kappa shape index (κ1) is 18.9. The minimum absolute atomic E-state index is 0.0655. The lowest BCUT2D eigenvalue weighted by molar-refractivity contribution is 0.0659. The highest BCUT2D eigenvalue weighted by molar-refractivity contribution is 6.31. The second-order valence-electron chi connectivity index (χ2n) is 7.31. The number of piperidine rings is 1. The fraction of sp³-hybridized carbons (Fsp3) is 0.500. The average molecular weight is 375 g/mol. The van der Waals surface area contributed by atoms with Crippen molar-refractivity contribution < 1.29 is 4.79 Å². The maximum atomic E-state index is 13.1. The zero-order chi connectivity index (χ0) is 18.8. The Bertz CT molecular complexity index is 799. The Morgan fingerprint density at radius 1 is 1.38 bits per heavy atom. The van der Waals surface area contributed by atoms with Gasteiger partial charge in [-0.3, -0.25) is 9.48 Å². The van der Waals surface area contributed by atoms with Gasteiger partial charge in [-0.15, -0.1) is 0 Å². The van der Waals surface area contributed by atoms with Gasteiger partial charge in [0.05, 0.1) is 17.8 Å². The molecule has 3 rings (SSSR count). The maximum absolute atomic E-state index is 13.1. The van der Waals surface area contributed by atoms with Gasteiger partial charge >= 0.3 is 0 Å². The van der Waals surface area contributed by atoms with E-state index in [1.165, 1.54) is 0 Å². The van der Waals surface area contributed by atoms with Gasteiger partial charge in [-0.05, 0) is 51.2 Å². The Labute approximate surface area is 160 Å². The number of amides is 1. The third kappa shape index (κ3) is 3.79. The molecule has 1 aliphatic heterocycles. The zero-order valence-corrected chi connectivity index (χ0v) is 16.5. The molecule has 1 saturated heterocycles. The van der Waals surface area contributed by atoms with Gasteiger partial charge < -0.3 is 10.6 Å². The van der Waals surface area contributed by atoms with Crippen molar-refractivity contribution in [1.29, 1.82) is 0 Å². The molecule has 1 amide bonds. The number of likely N-dealkylation sites (tertiary alicyclic amines) is 1. The van der Waals surface area contributed by atoms with E-state index in [9.17, 15) is 4.79 Å². The van der Waals surface area contributed by atoms with Gasteiger partial charge in [0.2, 0.25) is 0 Å². The number of nitrogens with two attached hydrogens (primary N) is 1. The van der Waals surface area contributed by atoms with Crippen LogP contribution in [0.5, 0.6) is 0 Å². The van der Waals surface area contributed by atoms with Crippen molar-refractivity contribution in [2.24, 2.45) is 11.7 Å². The summed E-state index contributed by atoms with van der Waals surface area (Å²) in [6.45, 7) is 7.95.